The van der Waals surface area contributed by atoms with Crippen molar-refractivity contribution in [2.75, 3.05) is 0 Å². The molecule has 0 aromatic rings. The average Bonchev–Trinajstić information content (AvgIpc) is 1.96. The Kier molecular flexibility index (Phi) is 2.18. The van der Waals surface area contributed by atoms with E-state index in [0.29, 0.717) is 0 Å². The van der Waals surface area contributed by atoms with Crippen LogP contribution < -0.4 is 0 Å². The highest BCUT2D eigenvalue weighted by Crippen LogP contribution is 2.21. The summed E-state index contributed by atoms with van der Waals surface area (Å²) in [4.78, 5) is 0. The molecule has 2 rings (SSSR count). The lowest BCUT2D eigenvalue weighted by atomic mass is 10.0. The molecule has 0 aromatic carbocycles. The molecule has 0 amide bonds. The summed E-state index contributed by atoms with van der Waals surface area (Å²) >= 11 is 0. The molecule has 2 heterocycles. The number of ketones is 2. The van der Waals surface area contributed by atoms with E-state index in [4.69, 9.17) is 18.0 Å². The lowest BCUT2D eigenvalue weighted by molar-refractivity contribution is -0.523. The van der Waals surface area contributed by atoms with E-state index < -0.39 is 6.96 Å². The zero-order valence-electron chi connectivity index (χ0n) is 9.37. The third kappa shape index (κ3) is 1.96. The van der Waals surface area contributed by atoms with E-state index in [1.807, 2.05) is 27.7 Å². The number of allylic oxidation sites excluding steroid dienone is 4. The van der Waals surface area contributed by atoms with Crippen molar-refractivity contribution < 1.29 is 18.0 Å². The second-order valence-corrected chi connectivity index (χ2v) is 3.78. The van der Waals surface area contributed by atoms with Gasteiger partial charge in [0.05, 0.1) is 23.7 Å². The molecule has 0 radical (unpaired) electrons. The highest BCUT2D eigenvalue weighted by Gasteiger charge is 2.75. The van der Waals surface area contributed by atoms with Gasteiger partial charge in [-0.3, -0.25) is 0 Å². The summed E-state index contributed by atoms with van der Waals surface area (Å²) in [6.07, 6.45) is 3.59. The standard InChI is InChI=1S/C10H14BO4/c1-7-5-8(2)13-11(12-7)14-9(3)6-10(4)15-11/h5-6H,1-4H3/q+1. The van der Waals surface area contributed by atoms with Gasteiger partial charge in [-0.25, -0.2) is 0 Å². The lowest BCUT2D eigenvalue weighted by Gasteiger charge is -2.20. The van der Waals surface area contributed by atoms with Crippen LogP contribution in [0.5, 0.6) is 0 Å². The van der Waals surface area contributed by atoms with Gasteiger partial charge in [-0.2, -0.15) is 0 Å². The van der Waals surface area contributed by atoms with Crippen LogP contribution in [-0.4, -0.2) is 18.5 Å². The van der Waals surface area contributed by atoms with Crippen molar-refractivity contribution in [3.05, 3.63) is 23.7 Å². The minimum absolute atomic E-state index is 0.723. The second kappa shape index (κ2) is 3.26. The molecule has 2 aliphatic rings. The summed E-state index contributed by atoms with van der Waals surface area (Å²) in [6.45, 7) is 5.18. The fourth-order valence-electron chi connectivity index (χ4n) is 1.76. The molecular formula is C10H14BO4+. The molecule has 4 nitrogen and oxygen atoms in total. The Hall–Kier alpha value is -1.52. The molecule has 0 atom stereocenters. The molecular weight excluding hydrogens is 195 g/mol. The monoisotopic (exact) mass is 209 g/mol. The van der Waals surface area contributed by atoms with Crippen LogP contribution in [0.4, 0.5) is 0 Å². The Morgan fingerprint density at radius 2 is 1.27 bits per heavy atom. The minimum atomic E-state index is -2.17. The largest absolute Gasteiger partial charge is 1.28 e. The van der Waals surface area contributed by atoms with E-state index >= 15 is 0 Å². The van der Waals surface area contributed by atoms with Crippen molar-refractivity contribution in [1.82, 2.24) is 0 Å². The third-order valence-corrected chi connectivity index (χ3v) is 2.13. The van der Waals surface area contributed by atoms with Crippen LogP contribution in [0.3, 0.4) is 0 Å². The van der Waals surface area contributed by atoms with E-state index in [0.717, 1.165) is 23.1 Å². The van der Waals surface area contributed by atoms with Crippen LogP contribution in [0.15, 0.2) is 23.7 Å². The maximum atomic E-state index is 5.50. The van der Waals surface area contributed by atoms with Crippen LogP contribution in [0, 0.1) is 0 Å². The van der Waals surface area contributed by atoms with Gasteiger partial charge >= 0.3 is 6.96 Å². The number of carbonyl (C=O) groups excluding carboxylic acids is 2. The molecule has 0 aromatic heterocycles. The summed E-state index contributed by atoms with van der Waals surface area (Å²) in [6, 6.07) is 0. The van der Waals surface area contributed by atoms with Crippen LogP contribution in [0.1, 0.15) is 27.7 Å². The Labute approximate surface area is 88.6 Å². The first-order chi connectivity index (χ1) is 6.99. The Balaban J connectivity index is 2.39. The van der Waals surface area contributed by atoms with Gasteiger partial charge in [-0.15, -0.1) is 0 Å². The normalized spacial score (nSPS) is 23.2. The summed E-state index contributed by atoms with van der Waals surface area (Å²) < 4.78 is 22.0. The second-order valence-electron chi connectivity index (χ2n) is 3.78. The molecule has 0 bridgehead atoms. The van der Waals surface area contributed by atoms with Gasteiger partial charge in [0.2, 0.25) is 0 Å². The summed E-state index contributed by atoms with van der Waals surface area (Å²) in [5.74, 6) is 2.89. The van der Waals surface area contributed by atoms with Gasteiger partial charge in [0.15, 0.2) is 0 Å². The first-order valence-electron chi connectivity index (χ1n) is 4.91. The SMILES string of the molecule is CC1=CC(C)=[O+][B-]2(O1)OC(C)=CC(C)=[O+]2. The molecule has 0 aliphatic carbocycles. The number of hydrogen-bond donors (Lipinski definition) is 0. The van der Waals surface area contributed by atoms with Crippen LogP contribution in [0.25, 0.3) is 0 Å². The highest BCUT2D eigenvalue weighted by atomic mass is 16.8. The van der Waals surface area contributed by atoms with Gasteiger partial charge in [-0.1, -0.05) is 0 Å². The smallest absolute Gasteiger partial charge is 0.491 e. The van der Waals surface area contributed by atoms with Crippen LogP contribution >= 0.6 is 0 Å². The molecule has 15 heavy (non-hydrogen) atoms. The predicted molar refractivity (Wildman–Crippen MR) is 56.8 cm³/mol. The predicted octanol–water partition coefficient (Wildman–Crippen LogP) is 1.54. The molecule has 80 valence electrons. The Morgan fingerprint density at radius 3 is 1.60 bits per heavy atom. The maximum Gasteiger partial charge on any atom is 1.28 e. The van der Waals surface area contributed by atoms with Crippen molar-refractivity contribution in [2.45, 2.75) is 27.7 Å². The minimum Gasteiger partial charge on any atom is -0.491 e. The first-order valence-corrected chi connectivity index (χ1v) is 4.91. The molecule has 0 saturated heterocycles. The van der Waals surface area contributed by atoms with Gasteiger partial charge < -0.3 is 18.0 Å². The van der Waals surface area contributed by atoms with Gasteiger partial charge in [0.1, 0.15) is 0 Å². The zero-order chi connectivity index (χ0) is 11.1. The first kappa shape index (κ1) is 10.0. The summed E-state index contributed by atoms with van der Waals surface area (Å²) in [7, 11) is 0. The van der Waals surface area contributed by atoms with Crippen molar-refractivity contribution >= 4 is 18.5 Å². The lowest BCUT2D eigenvalue weighted by Crippen LogP contribution is -2.49. The molecule has 0 unspecified atom stereocenters. The quantitative estimate of drug-likeness (QED) is 0.448. The Morgan fingerprint density at radius 1 is 0.867 bits per heavy atom. The molecule has 1 spiro atoms. The molecule has 0 N–H and O–H groups in total. The van der Waals surface area contributed by atoms with Gasteiger partial charge in [0.25, 0.3) is 11.6 Å². The van der Waals surface area contributed by atoms with Gasteiger partial charge in [-0.05, 0) is 13.8 Å². The topological polar surface area (TPSA) is 41.1 Å². The van der Waals surface area contributed by atoms with E-state index in [2.05, 4.69) is 0 Å². The maximum absolute atomic E-state index is 5.50. The zero-order valence-corrected chi connectivity index (χ0v) is 9.37. The summed E-state index contributed by atoms with van der Waals surface area (Å²) in [5, 5.41) is 0. The van der Waals surface area contributed by atoms with Crippen LogP contribution in [-0.2, 0) is 18.0 Å². The number of hydrogen-bond acceptors (Lipinski definition) is 2. The van der Waals surface area contributed by atoms with Crippen molar-refractivity contribution in [3.8, 4) is 0 Å². The van der Waals surface area contributed by atoms with Crippen LogP contribution in [0.2, 0.25) is 0 Å². The van der Waals surface area contributed by atoms with E-state index in [-0.39, 0.29) is 0 Å². The Bertz CT molecular complexity index is 377. The number of rotatable bonds is 0. The highest BCUT2D eigenvalue weighted by molar-refractivity contribution is 6.50. The average molecular weight is 209 g/mol. The molecule has 5 heteroatoms. The third-order valence-electron chi connectivity index (χ3n) is 2.13. The molecule has 0 saturated carbocycles. The van der Waals surface area contributed by atoms with Gasteiger partial charge in [0, 0.05) is 13.8 Å². The summed E-state index contributed by atoms with van der Waals surface area (Å²) in [5.41, 5.74) is 0. The van der Waals surface area contributed by atoms with Crippen molar-refractivity contribution in [1.29, 1.82) is 0 Å². The molecule has 2 aliphatic heterocycles. The van der Waals surface area contributed by atoms with Crippen molar-refractivity contribution in [2.24, 2.45) is 0 Å². The van der Waals surface area contributed by atoms with Crippen molar-refractivity contribution in [3.63, 3.8) is 0 Å². The van der Waals surface area contributed by atoms with E-state index in [1.54, 1.807) is 12.2 Å². The van der Waals surface area contributed by atoms with E-state index in [9.17, 15) is 0 Å². The molecule has 0 fully saturated rings. The fraction of sp³-hybridized carbons (Fsp3) is 0.400. The van der Waals surface area contributed by atoms with E-state index in [1.165, 1.54) is 0 Å². The fourth-order valence-corrected chi connectivity index (χ4v) is 1.76.